The average Bonchev–Trinajstić information content (AvgIpc) is 3.53. The number of rotatable bonds is 9. The summed E-state index contributed by atoms with van der Waals surface area (Å²) in [5.41, 5.74) is 6.87. The molecule has 5 nitrogen and oxygen atoms in total. The van der Waals surface area contributed by atoms with Gasteiger partial charge in [0.1, 0.15) is 5.78 Å². The van der Waals surface area contributed by atoms with Gasteiger partial charge in [-0.2, -0.15) is 0 Å². The summed E-state index contributed by atoms with van der Waals surface area (Å²) in [5, 5.41) is 3.05. The highest BCUT2D eigenvalue weighted by Gasteiger charge is 2.23. The number of aryl methyl sites for hydroxylation is 1. The van der Waals surface area contributed by atoms with Gasteiger partial charge >= 0.3 is 0 Å². The number of hydrogen-bond donors (Lipinski definition) is 1. The van der Waals surface area contributed by atoms with Crippen LogP contribution in [0.1, 0.15) is 23.1 Å². The van der Waals surface area contributed by atoms with E-state index in [1.165, 1.54) is 4.70 Å². The Balaban J connectivity index is 1.16. The van der Waals surface area contributed by atoms with Crippen LogP contribution in [0.3, 0.4) is 0 Å². The number of ketones is 1. The zero-order chi connectivity index (χ0) is 27.5. The molecule has 1 N–H and O–H groups in total. The second-order valence-corrected chi connectivity index (χ2v) is 11.2. The van der Waals surface area contributed by atoms with Crippen LogP contribution in [0, 0.1) is 12.8 Å². The standard InChI is InChI=1S/C34H29N3O2S/c1-23-11-13-25(14-12-23)20-29(38)21-27(19-24-7-3-2-4-8-24)33(39)35-28-17-15-26(16-18-28)30-22-37-31-9-5-6-10-32(31)40-34(37)36-30/h2-18,22,27H,19-21H2,1H3,(H,35,39)/t27-/m1/s1. The molecule has 6 heteroatoms. The van der Waals surface area contributed by atoms with Gasteiger partial charge in [0.25, 0.3) is 0 Å². The predicted octanol–water partition coefficient (Wildman–Crippen LogP) is 7.52. The number of nitrogens with one attached hydrogen (secondary N) is 1. The lowest BCUT2D eigenvalue weighted by Crippen LogP contribution is -2.27. The van der Waals surface area contributed by atoms with E-state index in [1.54, 1.807) is 11.3 Å². The molecular formula is C34H29N3O2S. The van der Waals surface area contributed by atoms with Crippen LogP contribution < -0.4 is 5.32 Å². The van der Waals surface area contributed by atoms with Crippen LogP contribution in [0.4, 0.5) is 5.69 Å². The van der Waals surface area contributed by atoms with E-state index in [2.05, 4.69) is 28.0 Å². The third kappa shape index (κ3) is 5.72. The maximum absolute atomic E-state index is 13.4. The number of carbonyl (C=O) groups excluding carboxylic acids is 2. The molecule has 6 aromatic rings. The van der Waals surface area contributed by atoms with Crippen LogP contribution in [-0.4, -0.2) is 21.1 Å². The quantitative estimate of drug-likeness (QED) is 0.205. The van der Waals surface area contributed by atoms with Gasteiger partial charge in [-0.3, -0.25) is 14.0 Å². The molecule has 0 saturated carbocycles. The Labute approximate surface area is 237 Å². The van der Waals surface area contributed by atoms with Crippen LogP contribution >= 0.6 is 11.3 Å². The second-order valence-electron chi connectivity index (χ2n) is 10.2. The zero-order valence-electron chi connectivity index (χ0n) is 22.2. The summed E-state index contributed by atoms with van der Waals surface area (Å²) in [5.74, 6) is -0.557. The smallest absolute Gasteiger partial charge is 0.228 e. The molecule has 0 spiro atoms. The van der Waals surface area contributed by atoms with E-state index in [-0.39, 0.29) is 18.1 Å². The topological polar surface area (TPSA) is 63.5 Å². The van der Waals surface area contributed by atoms with Crippen molar-refractivity contribution in [3.8, 4) is 11.3 Å². The van der Waals surface area contributed by atoms with Crippen molar-refractivity contribution in [2.75, 3.05) is 5.32 Å². The first-order chi connectivity index (χ1) is 19.5. The summed E-state index contributed by atoms with van der Waals surface area (Å²) in [7, 11) is 0. The minimum atomic E-state index is -0.465. The summed E-state index contributed by atoms with van der Waals surface area (Å²) < 4.78 is 3.32. The molecule has 0 saturated heterocycles. The Hall–Kier alpha value is -4.55. The Morgan fingerprint density at radius 1 is 0.850 bits per heavy atom. The number of fused-ring (bicyclic) bond motifs is 3. The van der Waals surface area contributed by atoms with E-state index in [0.29, 0.717) is 18.5 Å². The number of amides is 1. The molecular weight excluding hydrogens is 514 g/mol. The fourth-order valence-corrected chi connectivity index (χ4v) is 6.00. The fraction of sp³-hybridized carbons (Fsp3) is 0.147. The largest absolute Gasteiger partial charge is 0.326 e. The van der Waals surface area contributed by atoms with Crippen LogP contribution in [0.5, 0.6) is 0 Å². The van der Waals surface area contributed by atoms with Gasteiger partial charge in [0.2, 0.25) is 5.91 Å². The van der Waals surface area contributed by atoms with Gasteiger partial charge in [0.05, 0.1) is 15.9 Å². The first kappa shape index (κ1) is 25.7. The number of carbonyl (C=O) groups is 2. The molecule has 0 fully saturated rings. The van der Waals surface area contributed by atoms with E-state index in [0.717, 1.165) is 38.4 Å². The van der Waals surface area contributed by atoms with Crippen molar-refractivity contribution in [1.82, 2.24) is 9.38 Å². The number of hydrogen-bond acceptors (Lipinski definition) is 4. The van der Waals surface area contributed by atoms with E-state index in [9.17, 15) is 9.59 Å². The summed E-state index contributed by atoms with van der Waals surface area (Å²) in [4.78, 5) is 32.2. The molecule has 198 valence electrons. The molecule has 0 unspecified atom stereocenters. The van der Waals surface area contributed by atoms with Gasteiger partial charge in [0.15, 0.2) is 4.96 Å². The van der Waals surface area contributed by atoms with Crippen molar-refractivity contribution >= 4 is 43.9 Å². The second kappa shape index (κ2) is 11.3. The highest BCUT2D eigenvalue weighted by molar-refractivity contribution is 7.23. The van der Waals surface area contributed by atoms with Crippen LogP contribution in [0.2, 0.25) is 0 Å². The molecule has 0 aliphatic carbocycles. The van der Waals surface area contributed by atoms with E-state index < -0.39 is 5.92 Å². The lowest BCUT2D eigenvalue weighted by Gasteiger charge is -2.17. The molecule has 0 aliphatic rings. The Morgan fingerprint density at radius 3 is 2.35 bits per heavy atom. The average molecular weight is 544 g/mol. The maximum atomic E-state index is 13.4. The fourth-order valence-electron chi connectivity index (χ4n) is 4.99. The van der Waals surface area contributed by atoms with Gasteiger partial charge < -0.3 is 5.32 Å². The SMILES string of the molecule is Cc1ccc(CC(=O)C[C@@H](Cc2ccccc2)C(=O)Nc2ccc(-c3cn4c(n3)sc3ccccc34)cc2)cc1. The van der Waals surface area contributed by atoms with Gasteiger partial charge in [-0.05, 0) is 48.7 Å². The van der Waals surface area contributed by atoms with Crippen molar-refractivity contribution in [2.45, 2.75) is 26.2 Å². The van der Waals surface area contributed by atoms with Gasteiger partial charge in [-0.15, -0.1) is 0 Å². The zero-order valence-corrected chi connectivity index (χ0v) is 23.0. The highest BCUT2D eigenvalue weighted by Crippen LogP contribution is 2.30. The molecule has 0 radical (unpaired) electrons. The number of aromatic nitrogens is 2. The van der Waals surface area contributed by atoms with E-state index in [4.69, 9.17) is 4.98 Å². The molecule has 0 aliphatic heterocycles. The highest BCUT2D eigenvalue weighted by atomic mass is 32.1. The predicted molar refractivity (Wildman–Crippen MR) is 163 cm³/mol. The number of imidazole rings is 1. The minimum Gasteiger partial charge on any atom is -0.326 e. The van der Waals surface area contributed by atoms with Gasteiger partial charge in [-0.1, -0.05) is 95.8 Å². The molecule has 1 atom stereocenters. The number of anilines is 1. The van der Waals surface area contributed by atoms with Gasteiger partial charge in [-0.25, -0.2) is 4.98 Å². The van der Waals surface area contributed by atoms with E-state index in [1.807, 2.05) is 97.9 Å². The maximum Gasteiger partial charge on any atom is 0.228 e. The van der Waals surface area contributed by atoms with Crippen molar-refractivity contribution in [2.24, 2.45) is 5.92 Å². The van der Waals surface area contributed by atoms with Crippen LogP contribution in [-0.2, 0) is 22.4 Å². The lowest BCUT2D eigenvalue weighted by molar-refractivity contribution is -0.125. The summed E-state index contributed by atoms with van der Waals surface area (Å²) in [6.07, 6.45) is 3.07. The molecule has 1 amide bonds. The summed E-state index contributed by atoms with van der Waals surface area (Å²) in [6, 6.07) is 33.9. The Morgan fingerprint density at radius 2 is 1.57 bits per heavy atom. The van der Waals surface area contributed by atoms with Crippen LogP contribution in [0.25, 0.3) is 26.4 Å². The number of thiazole rings is 1. The molecule has 2 heterocycles. The molecule has 2 aromatic heterocycles. The Bertz CT molecular complexity index is 1790. The molecule has 4 aromatic carbocycles. The third-order valence-corrected chi connectivity index (χ3v) is 8.18. The number of nitrogens with zero attached hydrogens (tertiary/aromatic N) is 2. The number of para-hydroxylation sites is 1. The first-order valence-electron chi connectivity index (χ1n) is 13.4. The summed E-state index contributed by atoms with van der Waals surface area (Å²) in [6.45, 7) is 2.03. The lowest BCUT2D eigenvalue weighted by atomic mass is 9.91. The monoisotopic (exact) mass is 543 g/mol. The molecule has 6 rings (SSSR count). The number of benzene rings is 4. The van der Waals surface area contributed by atoms with Crippen LogP contribution in [0.15, 0.2) is 109 Å². The normalized spacial score (nSPS) is 12.0. The molecule has 40 heavy (non-hydrogen) atoms. The van der Waals surface area contributed by atoms with Crippen molar-refractivity contribution < 1.29 is 9.59 Å². The van der Waals surface area contributed by atoms with E-state index >= 15 is 0 Å². The first-order valence-corrected chi connectivity index (χ1v) is 14.2. The van der Waals surface area contributed by atoms with Crippen molar-refractivity contribution in [3.63, 3.8) is 0 Å². The van der Waals surface area contributed by atoms with Gasteiger partial charge in [0, 0.05) is 36.2 Å². The van der Waals surface area contributed by atoms with Crippen molar-refractivity contribution in [1.29, 1.82) is 0 Å². The third-order valence-electron chi connectivity index (χ3n) is 7.14. The summed E-state index contributed by atoms with van der Waals surface area (Å²) >= 11 is 1.67. The van der Waals surface area contributed by atoms with Crippen molar-refractivity contribution in [3.05, 3.63) is 126 Å². The Kier molecular flexibility index (Phi) is 7.25. The number of Topliss-reactive ketones (excluding diaryl/α,β-unsaturated/α-hetero) is 1. The molecule has 0 bridgehead atoms. The minimum absolute atomic E-state index is 0.0579.